The molecule has 4 rings (SSSR count). The lowest BCUT2D eigenvalue weighted by Crippen LogP contribution is -2.33. The van der Waals surface area contributed by atoms with E-state index in [1.165, 1.54) is 10.5 Å². The predicted octanol–water partition coefficient (Wildman–Crippen LogP) is 5.06. The van der Waals surface area contributed by atoms with Crippen LogP contribution in [0.25, 0.3) is 0 Å². The molecule has 1 aliphatic rings. The van der Waals surface area contributed by atoms with Crippen LogP contribution in [0.3, 0.4) is 0 Å². The highest BCUT2D eigenvalue weighted by Crippen LogP contribution is 2.30. The fourth-order valence-electron chi connectivity index (χ4n) is 3.51. The summed E-state index contributed by atoms with van der Waals surface area (Å²) in [6.45, 7) is 1.89. The maximum absolute atomic E-state index is 13.8. The number of nitrogens with zero attached hydrogens (tertiary/aromatic N) is 2. The molecule has 1 N–H and O–H groups in total. The van der Waals surface area contributed by atoms with E-state index in [-0.39, 0.29) is 28.8 Å². The lowest BCUT2D eigenvalue weighted by Gasteiger charge is -2.26. The standard InChI is InChI=1S/C26H24ClN3O4S/c1-19-8-14-23(15-9-19)35(32,33)30(18-20-10-12-21(27)13-11-20)25-7-3-2-6-24(25)26(31)29-28-17-22-5-4-16-34-22/h2-4,6-17,22H,5,18H2,1H3,(H,29,31)/b28-17+. The van der Waals surface area contributed by atoms with Crippen molar-refractivity contribution in [2.75, 3.05) is 4.31 Å². The van der Waals surface area contributed by atoms with Crippen molar-refractivity contribution in [3.8, 4) is 0 Å². The molecular weight excluding hydrogens is 486 g/mol. The number of aryl methyl sites for hydroxylation is 1. The number of halogens is 1. The molecule has 0 aromatic heterocycles. The first-order valence-corrected chi connectivity index (χ1v) is 12.7. The molecule has 0 aliphatic carbocycles. The Balaban J connectivity index is 1.71. The number of hydrogen-bond acceptors (Lipinski definition) is 5. The minimum Gasteiger partial charge on any atom is -0.492 e. The molecular formula is C26H24ClN3O4S. The average Bonchev–Trinajstić information content (AvgIpc) is 3.37. The van der Waals surface area contributed by atoms with E-state index in [4.69, 9.17) is 16.3 Å². The second-order valence-corrected chi connectivity index (χ2v) is 10.3. The third-order valence-corrected chi connectivity index (χ3v) is 7.42. The summed E-state index contributed by atoms with van der Waals surface area (Å²) in [7, 11) is -4.02. The highest BCUT2D eigenvalue weighted by atomic mass is 35.5. The quantitative estimate of drug-likeness (QED) is 0.339. The fourth-order valence-corrected chi connectivity index (χ4v) is 5.11. The number of carbonyl (C=O) groups is 1. The van der Waals surface area contributed by atoms with Crippen molar-refractivity contribution in [3.05, 3.63) is 107 Å². The van der Waals surface area contributed by atoms with Gasteiger partial charge in [-0.05, 0) is 55.0 Å². The largest absolute Gasteiger partial charge is 0.492 e. The molecule has 0 saturated heterocycles. The van der Waals surface area contributed by atoms with Crippen LogP contribution in [0.4, 0.5) is 5.69 Å². The van der Waals surface area contributed by atoms with Gasteiger partial charge in [-0.3, -0.25) is 9.10 Å². The lowest BCUT2D eigenvalue weighted by molar-refractivity contribution is 0.0955. The van der Waals surface area contributed by atoms with Crippen LogP contribution in [0, 0.1) is 6.92 Å². The van der Waals surface area contributed by atoms with Gasteiger partial charge in [-0.2, -0.15) is 5.10 Å². The molecule has 0 spiro atoms. The first kappa shape index (κ1) is 24.5. The first-order valence-electron chi connectivity index (χ1n) is 10.9. The van der Waals surface area contributed by atoms with Gasteiger partial charge < -0.3 is 4.74 Å². The lowest BCUT2D eigenvalue weighted by atomic mass is 10.1. The summed E-state index contributed by atoms with van der Waals surface area (Å²) in [4.78, 5) is 13.2. The van der Waals surface area contributed by atoms with Crippen LogP contribution < -0.4 is 9.73 Å². The molecule has 35 heavy (non-hydrogen) atoms. The first-order chi connectivity index (χ1) is 16.8. The van der Waals surface area contributed by atoms with E-state index >= 15 is 0 Å². The van der Waals surface area contributed by atoms with Crippen LogP contribution in [0.2, 0.25) is 5.02 Å². The molecule has 0 saturated carbocycles. The number of nitrogens with one attached hydrogen (secondary N) is 1. The number of amides is 1. The predicted molar refractivity (Wildman–Crippen MR) is 137 cm³/mol. The number of anilines is 1. The number of carbonyl (C=O) groups excluding carboxylic acids is 1. The Hall–Kier alpha value is -3.62. The molecule has 7 nitrogen and oxygen atoms in total. The van der Waals surface area contributed by atoms with Crippen LogP contribution in [0.15, 0.2) is 95.1 Å². The van der Waals surface area contributed by atoms with E-state index in [0.29, 0.717) is 17.0 Å². The molecule has 1 heterocycles. The van der Waals surface area contributed by atoms with Crippen molar-refractivity contribution in [1.82, 2.24) is 5.43 Å². The van der Waals surface area contributed by atoms with E-state index in [0.717, 1.165) is 5.56 Å². The van der Waals surface area contributed by atoms with Crippen molar-refractivity contribution in [2.45, 2.75) is 30.9 Å². The van der Waals surface area contributed by atoms with E-state index in [1.807, 2.05) is 13.0 Å². The van der Waals surface area contributed by atoms with Crippen LogP contribution >= 0.6 is 11.6 Å². The molecule has 180 valence electrons. The van der Waals surface area contributed by atoms with Crippen molar-refractivity contribution in [3.63, 3.8) is 0 Å². The Kier molecular flexibility index (Phi) is 7.53. The second-order valence-electron chi connectivity index (χ2n) is 7.97. The van der Waals surface area contributed by atoms with E-state index in [1.54, 1.807) is 79.1 Å². The Labute approximate surface area is 209 Å². The maximum Gasteiger partial charge on any atom is 0.273 e. The van der Waals surface area contributed by atoms with Crippen molar-refractivity contribution in [1.29, 1.82) is 0 Å². The molecule has 3 aromatic carbocycles. The minimum atomic E-state index is -4.02. The topological polar surface area (TPSA) is 88.1 Å². The van der Waals surface area contributed by atoms with Crippen molar-refractivity contribution in [2.24, 2.45) is 5.10 Å². The normalized spacial score (nSPS) is 15.2. The zero-order valence-corrected chi connectivity index (χ0v) is 20.5. The molecule has 1 unspecified atom stereocenters. The monoisotopic (exact) mass is 509 g/mol. The van der Waals surface area contributed by atoms with Gasteiger partial charge in [0.05, 0.1) is 35.2 Å². The van der Waals surface area contributed by atoms with Gasteiger partial charge in [-0.15, -0.1) is 0 Å². The molecule has 1 aliphatic heterocycles. The van der Waals surface area contributed by atoms with Gasteiger partial charge in [-0.1, -0.05) is 53.6 Å². The summed E-state index contributed by atoms with van der Waals surface area (Å²) in [5.41, 5.74) is 4.52. The summed E-state index contributed by atoms with van der Waals surface area (Å²) in [5.74, 6) is -0.539. The van der Waals surface area contributed by atoms with E-state index < -0.39 is 15.9 Å². The molecule has 0 bridgehead atoms. The zero-order chi connectivity index (χ0) is 24.8. The van der Waals surface area contributed by atoms with Gasteiger partial charge in [0.2, 0.25) is 0 Å². The highest BCUT2D eigenvalue weighted by molar-refractivity contribution is 7.92. The van der Waals surface area contributed by atoms with Gasteiger partial charge in [0.1, 0.15) is 6.10 Å². The number of ether oxygens (including phenoxy) is 1. The van der Waals surface area contributed by atoms with Crippen LogP contribution in [0.5, 0.6) is 0 Å². The van der Waals surface area contributed by atoms with Crippen molar-refractivity contribution >= 4 is 39.4 Å². The number of hydrazone groups is 1. The number of para-hydroxylation sites is 1. The molecule has 9 heteroatoms. The second kappa shape index (κ2) is 10.8. The minimum absolute atomic E-state index is 0.00250. The van der Waals surface area contributed by atoms with E-state index in [2.05, 4.69) is 10.5 Å². The van der Waals surface area contributed by atoms with Crippen LogP contribution in [0.1, 0.15) is 27.9 Å². The summed E-state index contributed by atoms with van der Waals surface area (Å²) in [5, 5.41) is 4.52. The molecule has 1 amide bonds. The SMILES string of the molecule is Cc1ccc(S(=O)(=O)N(Cc2ccc(Cl)cc2)c2ccccc2C(=O)N/N=C/C2CC=CO2)cc1. The van der Waals surface area contributed by atoms with Crippen LogP contribution in [-0.4, -0.2) is 26.6 Å². The Morgan fingerprint density at radius 2 is 1.83 bits per heavy atom. The van der Waals surface area contributed by atoms with Crippen molar-refractivity contribution < 1.29 is 17.9 Å². The summed E-state index contributed by atoms with van der Waals surface area (Å²) < 4.78 is 34.1. The highest BCUT2D eigenvalue weighted by Gasteiger charge is 2.28. The average molecular weight is 510 g/mol. The summed E-state index contributed by atoms with van der Waals surface area (Å²) >= 11 is 6.02. The summed E-state index contributed by atoms with van der Waals surface area (Å²) in [6, 6.07) is 20.0. The number of hydrogen-bond donors (Lipinski definition) is 1. The van der Waals surface area contributed by atoms with Gasteiger partial charge in [0.25, 0.3) is 15.9 Å². The Morgan fingerprint density at radius 3 is 2.51 bits per heavy atom. The number of sulfonamides is 1. The maximum atomic E-state index is 13.8. The smallest absolute Gasteiger partial charge is 0.273 e. The molecule has 1 atom stereocenters. The van der Waals surface area contributed by atoms with Gasteiger partial charge in [-0.25, -0.2) is 13.8 Å². The fraction of sp³-hybridized carbons (Fsp3) is 0.154. The molecule has 0 fully saturated rings. The number of benzene rings is 3. The van der Waals surface area contributed by atoms with Gasteiger partial charge in [0, 0.05) is 11.4 Å². The van der Waals surface area contributed by atoms with Crippen LogP contribution in [-0.2, 0) is 21.3 Å². The third-order valence-electron chi connectivity index (χ3n) is 5.39. The Bertz CT molecular complexity index is 1350. The van der Waals surface area contributed by atoms with Gasteiger partial charge >= 0.3 is 0 Å². The molecule has 3 aromatic rings. The zero-order valence-electron chi connectivity index (χ0n) is 19.0. The third kappa shape index (κ3) is 5.90. The van der Waals surface area contributed by atoms with E-state index in [9.17, 15) is 13.2 Å². The van der Waals surface area contributed by atoms with Gasteiger partial charge in [0.15, 0.2) is 0 Å². The molecule has 0 radical (unpaired) electrons. The Morgan fingerprint density at radius 1 is 1.11 bits per heavy atom. The summed E-state index contributed by atoms with van der Waals surface area (Å²) in [6.07, 6.45) is 5.36. The number of rotatable bonds is 8.